The largest absolute Gasteiger partial charge is 0.454 e. The molecule has 0 aliphatic carbocycles. The smallest absolute Gasteiger partial charge is 0.231 e. The van der Waals surface area contributed by atoms with Crippen LogP contribution in [0.2, 0.25) is 0 Å². The number of amides is 1. The van der Waals surface area contributed by atoms with E-state index >= 15 is 0 Å². The van der Waals surface area contributed by atoms with Gasteiger partial charge in [0.2, 0.25) is 12.7 Å². The van der Waals surface area contributed by atoms with Crippen LogP contribution >= 0.6 is 0 Å². The van der Waals surface area contributed by atoms with Gasteiger partial charge in [-0.15, -0.1) is 0 Å². The zero-order valence-corrected chi connectivity index (χ0v) is 12.9. The number of hydrogen-bond donors (Lipinski definition) is 2. The highest BCUT2D eigenvalue weighted by molar-refractivity contribution is 5.76. The second-order valence-electron chi connectivity index (χ2n) is 5.74. The maximum absolute atomic E-state index is 11.6. The Kier molecular flexibility index (Phi) is 5.44. The SMILES string of the molecule is CC(C)CNC(=O)CCNC(C)c1ccc2c(c1)OCO2. The predicted octanol–water partition coefficient (Wildman–Crippen LogP) is 2.23. The molecule has 0 saturated heterocycles. The van der Waals surface area contributed by atoms with E-state index in [-0.39, 0.29) is 18.7 Å². The molecule has 1 aromatic carbocycles. The Labute approximate surface area is 126 Å². The second-order valence-corrected chi connectivity index (χ2v) is 5.74. The fourth-order valence-corrected chi connectivity index (χ4v) is 2.11. The molecule has 2 N–H and O–H groups in total. The van der Waals surface area contributed by atoms with Gasteiger partial charge in [-0.05, 0) is 30.5 Å². The normalized spacial score (nSPS) is 14.3. The highest BCUT2D eigenvalue weighted by Gasteiger charge is 2.15. The molecule has 0 spiro atoms. The van der Waals surface area contributed by atoms with Crippen molar-refractivity contribution in [2.45, 2.75) is 33.2 Å². The zero-order chi connectivity index (χ0) is 15.2. The first kappa shape index (κ1) is 15.6. The van der Waals surface area contributed by atoms with Gasteiger partial charge in [-0.25, -0.2) is 0 Å². The first-order chi connectivity index (χ1) is 10.1. The predicted molar refractivity (Wildman–Crippen MR) is 81.4 cm³/mol. The molecule has 1 heterocycles. The topological polar surface area (TPSA) is 59.6 Å². The molecule has 2 rings (SSSR count). The number of nitrogens with one attached hydrogen (secondary N) is 2. The van der Waals surface area contributed by atoms with E-state index in [2.05, 4.69) is 31.4 Å². The van der Waals surface area contributed by atoms with Gasteiger partial charge in [0, 0.05) is 25.6 Å². The lowest BCUT2D eigenvalue weighted by atomic mass is 10.1. The number of carbonyl (C=O) groups excluding carboxylic acids is 1. The Morgan fingerprint density at radius 1 is 1.24 bits per heavy atom. The molecule has 5 heteroatoms. The van der Waals surface area contributed by atoms with Crippen LogP contribution in [0.15, 0.2) is 18.2 Å². The van der Waals surface area contributed by atoms with Gasteiger partial charge in [-0.2, -0.15) is 0 Å². The van der Waals surface area contributed by atoms with Crippen LogP contribution in [0.4, 0.5) is 0 Å². The molecule has 21 heavy (non-hydrogen) atoms. The van der Waals surface area contributed by atoms with Crippen molar-refractivity contribution in [2.24, 2.45) is 5.92 Å². The van der Waals surface area contributed by atoms with Crippen molar-refractivity contribution in [1.29, 1.82) is 0 Å². The summed E-state index contributed by atoms with van der Waals surface area (Å²) in [6.07, 6.45) is 0.488. The molecule has 1 aromatic rings. The lowest BCUT2D eigenvalue weighted by Crippen LogP contribution is -2.31. The summed E-state index contributed by atoms with van der Waals surface area (Å²) >= 11 is 0. The highest BCUT2D eigenvalue weighted by atomic mass is 16.7. The molecule has 116 valence electrons. The molecule has 1 amide bonds. The summed E-state index contributed by atoms with van der Waals surface area (Å²) < 4.78 is 10.7. The number of ether oxygens (including phenoxy) is 2. The molecule has 0 aromatic heterocycles. The summed E-state index contributed by atoms with van der Waals surface area (Å²) in [4.78, 5) is 11.6. The fraction of sp³-hybridized carbons (Fsp3) is 0.562. The number of carbonyl (C=O) groups is 1. The van der Waals surface area contributed by atoms with E-state index in [1.807, 2.05) is 18.2 Å². The van der Waals surface area contributed by atoms with Crippen LogP contribution < -0.4 is 20.1 Å². The third kappa shape index (κ3) is 4.63. The Morgan fingerprint density at radius 3 is 2.76 bits per heavy atom. The molecule has 0 radical (unpaired) electrons. The van der Waals surface area contributed by atoms with E-state index < -0.39 is 0 Å². The third-order valence-electron chi connectivity index (χ3n) is 3.41. The Morgan fingerprint density at radius 2 is 2.00 bits per heavy atom. The minimum Gasteiger partial charge on any atom is -0.454 e. The van der Waals surface area contributed by atoms with Gasteiger partial charge in [0.15, 0.2) is 11.5 Å². The molecular formula is C16H24N2O3. The van der Waals surface area contributed by atoms with E-state index in [0.29, 0.717) is 18.9 Å². The minimum atomic E-state index is 0.0917. The monoisotopic (exact) mass is 292 g/mol. The molecule has 1 aliphatic heterocycles. The van der Waals surface area contributed by atoms with Crippen LogP contribution in [0.5, 0.6) is 11.5 Å². The minimum absolute atomic E-state index is 0.0917. The summed E-state index contributed by atoms with van der Waals surface area (Å²) in [5, 5.41) is 6.27. The van der Waals surface area contributed by atoms with Crippen molar-refractivity contribution in [3.05, 3.63) is 23.8 Å². The van der Waals surface area contributed by atoms with Gasteiger partial charge in [-0.3, -0.25) is 4.79 Å². The first-order valence-corrected chi connectivity index (χ1v) is 7.46. The number of fused-ring (bicyclic) bond motifs is 1. The average molecular weight is 292 g/mol. The maximum Gasteiger partial charge on any atom is 0.231 e. The molecule has 5 nitrogen and oxygen atoms in total. The summed E-state index contributed by atoms with van der Waals surface area (Å²) in [5.74, 6) is 2.15. The molecule has 0 saturated carbocycles. The van der Waals surface area contributed by atoms with Gasteiger partial charge in [0.1, 0.15) is 0 Å². The van der Waals surface area contributed by atoms with Gasteiger partial charge in [0.25, 0.3) is 0 Å². The van der Waals surface area contributed by atoms with Crippen molar-refractivity contribution >= 4 is 5.91 Å². The van der Waals surface area contributed by atoms with E-state index in [4.69, 9.17) is 9.47 Å². The average Bonchev–Trinajstić information content (AvgIpc) is 2.92. The van der Waals surface area contributed by atoms with E-state index in [0.717, 1.165) is 23.6 Å². The molecule has 1 unspecified atom stereocenters. The maximum atomic E-state index is 11.6. The van der Waals surface area contributed by atoms with Crippen LogP contribution in [0.25, 0.3) is 0 Å². The number of rotatable bonds is 7. The quantitative estimate of drug-likeness (QED) is 0.809. The molecular weight excluding hydrogens is 268 g/mol. The first-order valence-electron chi connectivity index (χ1n) is 7.46. The van der Waals surface area contributed by atoms with Crippen molar-refractivity contribution in [3.8, 4) is 11.5 Å². The fourth-order valence-electron chi connectivity index (χ4n) is 2.11. The highest BCUT2D eigenvalue weighted by Crippen LogP contribution is 2.34. The van der Waals surface area contributed by atoms with E-state index in [1.165, 1.54) is 0 Å². The molecule has 1 atom stereocenters. The van der Waals surface area contributed by atoms with Crippen LogP contribution in [0, 0.1) is 5.92 Å². The van der Waals surface area contributed by atoms with Gasteiger partial charge < -0.3 is 20.1 Å². The summed E-state index contributed by atoms with van der Waals surface area (Å²) in [5.41, 5.74) is 1.13. The van der Waals surface area contributed by atoms with Crippen LogP contribution in [0.3, 0.4) is 0 Å². The van der Waals surface area contributed by atoms with Crippen LogP contribution in [-0.4, -0.2) is 25.8 Å². The van der Waals surface area contributed by atoms with Crippen LogP contribution in [0.1, 0.15) is 38.8 Å². The zero-order valence-electron chi connectivity index (χ0n) is 12.9. The molecule has 1 aliphatic rings. The van der Waals surface area contributed by atoms with Crippen molar-refractivity contribution < 1.29 is 14.3 Å². The van der Waals surface area contributed by atoms with Gasteiger partial charge in [0.05, 0.1) is 0 Å². The summed E-state index contributed by atoms with van der Waals surface area (Å²) in [6, 6.07) is 6.09. The molecule has 0 bridgehead atoms. The van der Waals surface area contributed by atoms with E-state index in [9.17, 15) is 4.79 Å². The van der Waals surface area contributed by atoms with E-state index in [1.54, 1.807) is 0 Å². The number of hydrogen-bond acceptors (Lipinski definition) is 4. The van der Waals surface area contributed by atoms with Crippen LogP contribution in [-0.2, 0) is 4.79 Å². The summed E-state index contributed by atoms with van der Waals surface area (Å²) in [7, 11) is 0. The number of benzene rings is 1. The van der Waals surface area contributed by atoms with Gasteiger partial charge in [-0.1, -0.05) is 19.9 Å². The lowest BCUT2D eigenvalue weighted by molar-refractivity contribution is -0.121. The summed E-state index contributed by atoms with van der Waals surface area (Å²) in [6.45, 7) is 7.91. The third-order valence-corrected chi connectivity index (χ3v) is 3.41. The standard InChI is InChI=1S/C16H24N2O3/c1-11(2)9-18-16(19)6-7-17-12(3)13-4-5-14-15(8-13)21-10-20-14/h4-5,8,11-12,17H,6-7,9-10H2,1-3H3,(H,18,19). The Balaban J connectivity index is 1.74. The molecule has 0 fully saturated rings. The lowest BCUT2D eigenvalue weighted by Gasteiger charge is -2.15. The van der Waals surface area contributed by atoms with Gasteiger partial charge >= 0.3 is 0 Å². The van der Waals surface area contributed by atoms with Crippen molar-refractivity contribution in [2.75, 3.05) is 19.9 Å². The Bertz CT molecular complexity index is 488. The second kappa shape index (κ2) is 7.31. The van der Waals surface area contributed by atoms with Crippen molar-refractivity contribution in [1.82, 2.24) is 10.6 Å². The van der Waals surface area contributed by atoms with Crippen molar-refractivity contribution in [3.63, 3.8) is 0 Å². The Hall–Kier alpha value is -1.75.